The third kappa shape index (κ3) is 4.96. The van der Waals surface area contributed by atoms with E-state index < -0.39 is 0 Å². The van der Waals surface area contributed by atoms with Gasteiger partial charge in [0.15, 0.2) is 5.69 Å². The number of nitrogens with one attached hydrogen (secondary N) is 2. The van der Waals surface area contributed by atoms with Crippen LogP contribution < -0.4 is 10.6 Å². The number of likely N-dealkylation sites (tertiary alicyclic amines) is 1. The van der Waals surface area contributed by atoms with Crippen LogP contribution in [0.3, 0.4) is 0 Å². The van der Waals surface area contributed by atoms with Crippen molar-refractivity contribution in [1.82, 2.24) is 25.4 Å². The third-order valence-electron chi connectivity index (χ3n) is 4.43. The van der Waals surface area contributed by atoms with Crippen LogP contribution in [0.15, 0.2) is 36.7 Å². The molecule has 0 radical (unpaired) electrons. The van der Waals surface area contributed by atoms with E-state index in [2.05, 4.69) is 36.8 Å². The minimum absolute atomic E-state index is 0.225. The van der Waals surface area contributed by atoms with E-state index >= 15 is 0 Å². The predicted octanol–water partition coefficient (Wildman–Crippen LogP) is 1.56. The molecule has 0 saturated carbocycles. The fraction of sp³-hybridized carbons (Fsp3) is 0.444. The summed E-state index contributed by atoms with van der Waals surface area (Å²) in [5.41, 5.74) is 1.58. The van der Waals surface area contributed by atoms with Crippen molar-refractivity contribution >= 4 is 11.7 Å². The van der Waals surface area contributed by atoms with E-state index in [0.717, 1.165) is 26.2 Å². The maximum Gasteiger partial charge on any atom is 0.271 e. The monoisotopic (exact) mass is 340 g/mol. The molecule has 7 nitrogen and oxygen atoms in total. The highest BCUT2D eigenvalue weighted by atomic mass is 16.1. The Labute approximate surface area is 147 Å². The summed E-state index contributed by atoms with van der Waals surface area (Å²) in [4.78, 5) is 18.1. The van der Waals surface area contributed by atoms with Crippen molar-refractivity contribution in [2.75, 3.05) is 32.0 Å². The van der Waals surface area contributed by atoms with Gasteiger partial charge in [-0.05, 0) is 49.1 Å². The van der Waals surface area contributed by atoms with Gasteiger partial charge in [0, 0.05) is 39.1 Å². The summed E-state index contributed by atoms with van der Waals surface area (Å²) in [5.74, 6) is 1.06. The molecule has 2 aromatic heterocycles. The molecule has 132 valence electrons. The molecular weight excluding hydrogens is 316 g/mol. The lowest BCUT2D eigenvalue weighted by molar-refractivity contribution is 0.0957. The number of nitrogens with zero attached hydrogens (tertiary/aromatic N) is 4. The zero-order chi connectivity index (χ0) is 17.5. The summed E-state index contributed by atoms with van der Waals surface area (Å²) in [6.07, 6.45) is 6.16. The van der Waals surface area contributed by atoms with Gasteiger partial charge in [-0.2, -0.15) is 0 Å². The Morgan fingerprint density at radius 1 is 1.32 bits per heavy atom. The topological polar surface area (TPSA) is 83.0 Å². The van der Waals surface area contributed by atoms with Gasteiger partial charge in [0.25, 0.3) is 5.91 Å². The van der Waals surface area contributed by atoms with E-state index in [-0.39, 0.29) is 5.91 Å². The number of piperidine rings is 1. The lowest BCUT2D eigenvalue weighted by Gasteiger charge is -2.32. The Bertz CT molecular complexity index is 676. The Hall–Kier alpha value is -2.54. The number of hydrogen-bond donors (Lipinski definition) is 2. The molecule has 3 rings (SSSR count). The zero-order valence-corrected chi connectivity index (χ0v) is 14.5. The first-order valence-electron chi connectivity index (χ1n) is 8.65. The normalized spacial score (nSPS) is 17.9. The Morgan fingerprint density at radius 2 is 2.24 bits per heavy atom. The molecule has 7 heteroatoms. The van der Waals surface area contributed by atoms with Crippen molar-refractivity contribution in [3.63, 3.8) is 0 Å². The fourth-order valence-electron chi connectivity index (χ4n) is 3.14. The van der Waals surface area contributed by atoms with Gasteiger partial charge in [-0.15, -0.1) is 10.2 Å². The quantitative estimate of drug-likeness (QED) is 0.830. The zero-order valence-electron chi connectivity index (χ0n) is 14.5. The van der Waals surface area contributed by atoms with Crippen molar-refractivity contribution < 1.29 is 4.79 Å². The van der Waals surface area contributed by atoms with Gasteiger partial charge >= 0.3 is 0 Å². The second-order valence-corrected chi connectivity index (χ2v) is 6.37. The molecule has 1 fully saturated rings. The fourth-order valence-corrected chi connectivity index (χ4v) is 3.14. The Kier molecular flexibility index (Phi) is 5.90. The lowest BCUT2D eigenvalue weighted by Crippen LogP contribution is -2.37. The van der Waals surface area contributed by atoms with E-state index in [0.29, 0.717) is 17.4 Å². The molecule has 1 atom stereocenters. The van der Waals surface area contributed by atoms with E-state index in [9.17, 15) is 4.79 Å². The van der Waals surface area contributed by atoms with Gasteiger partial charge in [0.2, 0.25) is 0 Å². The first kappa shape index (κ1) is 17.3. The molecule has 1 unspecified atom stereocenters. The van der Waals surface area contributed by atoms with Crippen molar-refractivity contribution in [1.29, 1.82) is 0 Å². The van der Waals surface area contributed by atoms with Crippen LogP contribution in [0.4, 0.5) is 5.82 Å². The number of anilines is 1. The molecule has 2 aromatic rings. The number of amides is 1. The Morgan fingerprint density at radius 3 is 2.96 bits per heavy atom. The van der Waals surface area contributed by atoms with Crippen molar-refractivity contribution in [3.05, 3.63) is 47.9 Å². The molecule has 1 aliphatic heterocycles. The standard InChI is InChI=1S/C18H24N6O/c1-19-18(25)16-6-7-17(23-22-16)21-11-15-5-3-9-24(13-15)12-14-4-2-8-20-10-14/h2,4,6-8,10,15H,3,5,9,11-13H2,1H3,(H,19,25)(H,21,23). The minimum Gasteiger partial charge on any atom is -0.368 e. The maximum absolute atomic E-state index is 11.5. The van der Waals surface area contributed by atoms with Gasteiger partial charge < -0.3 is 10.6 Å². The highest BCUT2D eigenvalue weighted by Gasteiger charge is 2.20. The molecule has 0 spiro atoms. The first-order chi connectivity index (χ1) is 12.2. The van der Waals surface area contributed by atoms with Crippen LogP contribution in [0.5, 0.6) is 0 Å². The second-order valence-electron chi connectivity index (χ2n) is 6.37. The molecule has 1 saturated heterocycles. The van der Waals surface area contributed by atoms with Crippen LogP contribution >= 0.6 is 0 Å². The number of aromatic nitrogens is 3. The lowest BCUT2D eigenvalue weighted by atomic mass is 9.97. The van der Waals surface area contributed by atoms with Crippen molar-refractivity contribution in [2.24, 2.45) is 5.92 Å². The molecular formula is C18H24N6O. The highest BCUT2D eigenvalue weighted by molar-refractivity contribution is 5.91. The molecule has 0 aliphatic carbocycles. The molecule has 0 bridgehead atoms. The first-order valence-corrected chi connectivity index (χ1v) is 8.65. The molecule has 1 amide bonds. The molecule has 0 aromatic carbocycles. The van der Waals surface area contributed by atoms with E-state index in [4.69, 9.17) is 0 Å². The smallest absolute Gasteiger partial charge is 0.271 e. The van der Waals surface area contributed by atoms with Gasteiger partial charge in [-0.3, -0.25) is 14.7 Å². The average molecular weight is 340 g/mol. The van der Waals surface area contributed by atoms with Crippen LogP contribution in [-0.4, -0.2) is 52.7 Å². The maximum atomic E-state index is 11.5. The summed E-state index contributed by atoms with van der Waals surface area (Å²) >= 11 is 0. The summed E-state index contributed by atoms with van der Waals surface area (Å²) in [5, 5.41) is 13.9. The van der Waals surface area contributed by atoms with Crippen LogP contribution in [-0.2, 0) is 6.54 Å². The second kappa shape index (κ2) is 8.53. The van der Waals surface area contributed by atoms with Crippen LogP contribution in [0, 0.1) is 5.92 Å². The van der Waals surface area contributed by atoms with Gasteiger partial charge in [-0.1, -0.05) is 6.07 Å². The summed E-state index contributed by atoms with van der Waals surface area (Å²) in [6.45, 7) is 4.00. The number of pyridine rings is 1. The number of rotatable bonds is 6. The Balaban J connectivity index is 1.48. The van der Waals surface area contributed by atoms with Gasteiger partial charge in [0.05, 0.1) is 0 Å². The molecule has 2 N–H and O–H groups in total. The molecule has 25 heavy (non-hydrogen) atoms. The summed E-state index contributed by atoms with van der Waals surface area (Å²) in [6, 6.07) is 7.59. The summed E-state index contributed by atoms with van der Waals surface area (Å²) in [7, 11) is 1.58. The number of carbonyl (C=O) groups is 1. The molecule has 3 heterocycles. The number of hydrogen-bond acceptors (Lipinski definition) is 6. The third-order valence-corrected chi connectivity index (χ3v) is 4.43. The van der Waals surface area contributed by atoms with Crippen molar-refractivity contribution in [2.45, 2.75) is 19.4 Å². The van der Waals surface area contributed by atoms with E-state index in [1.807, 2.05) is 18.5 Å². The van der Waals surface area contributed by atoms with Gasteiger partial charge in [-0.25, -0.2) is 0 Å². The number of carbonyl (C=O) groups excluding carboxylic acids is 1. The van der Waals surface area contributed by atoms with Crippen molar-refractivity contribution in [3.8, 4) is 0 Å². The minimum atomic E-state index is -0.225. The van der Waals surface area contributed by atoms with Gasteiger partial charge in [0.1, 0.15) is 5.82 Å². The summed E-state index contributed by atoms with van der Waals surface area (Å²) < 4.78 is 0. The van der Waals surface area contributed by atoms with Crippen LogP contribution in [0.2, 0.25) is 0 Å². The molecule has 1 aliphatic rings. The van der Waals surface area contributed by atoms with Crippen LogP contribution in [0.1, 0.15) is 28.9 Å². The van der Waals surface area contributed by atoms with E-state index in [1.165, 1.54) is 18.4 Å². The SMILES string of the molecule is CNC(=O)c1ccc(NCC2CCCN(Cc3cccnc3)C2)nn1. The van der Waals surface area contributed by atoms with Crippen LogP contribution in [0.25, 0.3) is 0 Å². The average Bonchev–Trinajstić information content (AvgIpc) is 2.67. The predicted molar refractivity (Wildman–Crippen MR) is 96.1 cm³/mol. The largest absolute Gasteiger partial charge is 0.368 e. The van der Waals surface area contributed by atoms with E-state index in [1.54, 1.807) is 19.2 Å². The highest BCUT2D eigenvalue weighted by Crippen LogP contribution is 2.19.